The van der Waals surface area contributed by atoms with Crippen molar-refractivity contribution in [1.82, 2.24) is 9.80 Å². The molecular formula is C21H32N2O3S. The minimum atomic E-state index is -0.234. The van der Waals surface area contributed by atoms with Gasteiger partial charge in [-0.1, -0.05) is 0 Å². The summed E-state index contributed by atoms with van der Waals surface area (Å²) in [5, 5.41) is 14.7. The van der Waals surface area contributed by atoms with Crippen molar-refractivity contribution in [3.8, 4) is 0 Å². The predicted octanol–water partition coefficient (Wildman–Crippen LogP) is 2.54. The number of thiophene rings is 1. The van der Waals surface area contributed by atoms with Crippen LogP contribution in [0.3, 0.4) is 0 Å². The monoisotopic (exact) mass is 392 g/mol. The van der Waals surface area contributed by atoms with Crippen LogP contribution in [0, 0.1) is 5.41 Å². The average Bonchev–Trinajstić information content (AvgIpc) is 3.20. The summed E-state index contributed by atoms with van der Waals surface area (Å²) < 4.78 is 5.51. The summed E-state index contributed by atoms with van der Waals surface area (Å²) in [6, 6.07) is 2.66. The molecule has 0 saturated carbocycles. The van der Waals surface area contributed by atoms with Gasteiger partial charge in [-0.05, 0) is 66.3 Å². The van der Waals surface area contributed by atoms with Crippen molar-refractivity contribution in [2.24, 2.45) is 5.41 Å². The molecule has 27 heavy (non-hydrogen) atoms. The van der Waals surface area contributed by atoms with Crippen LogP contribution in [0.5, 0.6) is 0 Å². The van der Waals surface area contributed by atoms with Gasteiger partial charge in [0.05, 0.1) is 6.10 Å². The molecule has 3 aliphatic heterocycles. The number of hydrogen-bond donors (Lipinski definition) is 1. The number of aliphatic hydroxyl groups excluding tert-OH is 1. The quantitative estimate of drug-likeness (QED) is 0.856. The Morgan fingerprint density at radius 3 is 2.78 bits per heavy atom. The van der Waals surface area contributed by atoms with E-state index in [1.165, 1.54) is 5.56 Å². The number of hydrogen-bond acceptors (Lipinski definition) is 5. The first-order valence-corrected chi connectivity index (χ1v) is 11.4. The molecule has 0 aliphatic carbocycles. The lowest BCUT2D eigenvalue weighted by molar-refractivity contribution is -0.135. The van der Waals surface area contributed by atoms with Crippen LogP contribution < -0.4 is 0 Å². The van der Waals surface area contributed by atoms with Crippen LogP contribution in [0.4, 0.5) is 0 Å². The normalized spacial score (nSPS) is 27.1. The first kappa shape index (κ1) is 19.4. The molecule has 1 unspecified atom stereocenters. The highest BCUT2D eigenvalue weighted by Gasteiger charge is 2.43. The number of ether oxygens (including phenoxy) is 1. The molecule has 1 aromatic rings. The summed E-state index contributed by atoms with van der Waals surface area (Å²) in [4.78, 5) is 17.2. The fraction of sp³-hybridized carbons (Fsp3) is 0.762. The van der Waals surface area contributed by atoms with Crippen molar-refractivity contribution in [3.63, 3.8) is 0 Å². The lowest BCUT2D eigenvalue weighted by atomic mass is 9.71. The van der Waals surface area contributed by atoms with Crippen LogP contribution in [0.2, 0.25) is 0 Å². The van der Waals surface area contributed by atoms with Gasteiger partial charge in [0, 0.05) is 51.9 Å². The average molecular weight is 393 g/mol. The molecular weight excluding hydrogens is 360 g/mol. The molecule has 1 N–H and O–H groups in total. The highest BCUT2D eigenvalue weighted by molar-refractivity contribution is 7.07. The van der Waals surface area contributed by atoms with Crippen LogP contribution in [0.1, 0.15) is 44.1 Å². The lowest BCUT2D eigenvalue weighted by Crippen LogP contribution is -2.57. The zero-order valence-electron chi connectivity index (χ0n) is 16.1. The number of carbonyl (C=O) groups excluding carboxylic acids is 1. The van der Waals surface area contributed by atoms with Gasteiger partial charge in [0.2, 0.25) is 5.91 Å². The van der Waals surface area contributed by atoms with Crippen LogP contribution >= 0.6 is 11.3 Å². The van der Waals surface area contributed by atoms with Crippen molar-refractivity contribution >= 4 is 17.2 Å². The summed E-state index contributed by atoms with van der Waals surface area (Å²) in [6.45, 7) is 5.25. The Balaban J connectivity index is 1.30. The van der Waals surface area contributed by atoms with Gasteiger partial charge in [-0.2, -0.15) is 11.3 Å². The summed E-state index contributed by atoms with van der Waals surface area (Å²) in [5.74, 6) is 0.286. The van der Waals surface area contributed by atoms with Gasteiger partial charge in [-0.15, -0.1) is 0 Å². The molecule has 3 aliphatic rings. The standard InChI is InChI=1S/C21H32N2O3S/c24-19-13-21(16-23(14-19)18-3-10-26-11-4-18)6-8-22(9-7-21)20(25)2-1-17-5-12-27-15-17/h5,12,15,18-19,24H,1-4,6-11,13-14,16H2. The Labute approximate surface area is 166 Å². The summed E-state index contributed by atoms with van der Waals surface area (Å²) in [6.07, 6.45) is 6.32. The fourth-order valence-corrected chi connectivity index (χ4v) is 5.86. The Morgan fingerprint density at radius 2 is 2.07 bits per heavy atom. The van der Waals surface area contributed by atoms with Crippen LogP contribution in [-0.2, 0) is 16.0 Å². The van der Waals surface area contributed by atoms with Crippen molar-refractivity contribution in [2.75, 3.05) is 39.4 Å². The van der Waals surface area contributed by atoms with Crippen molar-refractivity contribution in [3.05, 3.63) is 22.4 Å². The third kappa shape index (κ3) is 4.73. The molecule has 150 valence electrons. The van der Waals surface area contributed by atoms with E-state index in [2.05, 4.69) is 26.6 Å². The largest absolute Gasteiger partial charge is 0.392 e. The minimum Gasteiger partial charge on any atom is -0.392 e. The number of β-amino-alcohol motifs (C(OH)–C–C–N with tert-alkyl or cyclic N) is 1. The van der Waals surface area contributed by atoms with E-state index in [1.54, 1.807) is 11.3 Å². The number of carbonyl (C=O) groups is 1. The molecule has 4 heterocycles. The fourth-order valence-electron chi connectivity index (χ4n) is 5.16. The molecule has 0 radical (unpaired) electrons. The predicted molar refractivity (Wildman–Crippen MR) is 107 cm³/mol. The van der Waals surface area contributed by atoms with Gasteiger partial charge in [0.1, 0.15) is 0 Å². The zero-order chi connectivity index (χ0) is 18.7. The molecule has 1 amide bonds. The molecule has 0 bridgehead atoms. The molecule has 0 aromatic carbocycles. The molecule has 1 atom stereocenters. The van der Waals surface area contributed by atoms with Crippen LogP contribution in [0.15, 0.2) is 16.8 Å². The Kier molecular flexibility index (Phi) is 6.17. The maximum absolute atomic E-state index is 12.6. The van der Waals surface area contributed by atoms with Gasteiger partial charge >= 0.3 is 0 Å². The molecule has 1 spiro atoms. The maximum Gasteiger partial charge on any atom is 0.222 e. The van der Waals surface area contributed by atoms with E-state index in [-0.39, 0.29) is 17.4 Å². The van der Waals surface area contributed by atoms with E-state index >= 15 is 0 Å². The van der Waals surface area contributed by atoms with Gasteiger partial charge < -0.3 is 14.7 Å². The molecule has 1 aromatic heterocycles. The number of likely N-dealkylation sites (tertiary alicyclic amines) is 2. The second kappa shape index (κ2) is 8.60. The van der Waals surface area contributed by atoms with Gasteiger partial charge in [-0.25, -0.2) is 0 Å². The van der Waals surface area contributed by atoms with Gasteiger partial charge in [-0.3, -0.25) is 9.69 Å². The highest BCUT2D eigenvalue weighted by atomic mass is 32.1. The van der Waals surface area contributed by atoms with Crippen LogP contribution in [-0.4, -0.2) is 72.4 Å². The second-order valence-electron chi connectivity index (χ2n) is 8.64. The first-order valence-electron chi connectivity index (χ1n) is 10.4. The number of nitrogens with zero attached hydrogens (tertiary/aromatic N) is 2. The number of aliphatic hydroxyl groups is 1. The second-order valence-corrected chi connectivity index (χ2v) is 9.42. The van der Waals surface area contributed by atoms with E-state index in [0.717, 1.165) is 77.9 Å². The molecule has 3 fully saturated rings. The van der Waals surface area contributed by atoms with Gasteiger partial charge in [0.25, 0.3) is 0 Å². The topological polar surface area (TPSA) is 53.0 Å². The van der Waals surface area contributed by atoms with E-state index in [0.29, 0.717) is 12.5 Å². The van der Waals surface area contributed by atoms with Gasteiger partial charge in [0.15, 0.2) is 0 Å². The summed E-state index contributed by atoms with van der Waals surface area (Å²) in [5.41, 5.74) is 1.45. The van der Waals surface area contributed by atoms with Crippen molar-refractivity contribution in [2.45, 2.75) is 57.1 Å². The number of amides is 1. The van der Waals surface area contributed by atoms with E-state index in [1.807, 2.05) is 0 Å². The summed E-state index contributed by atoms with van der Waals surface area (Å²) in [7, 11) is 0. The highest BCUT2D eigenvalue weighted by Crippen LogP contribution is 2.41. The molecule has 4 rings (SSSR count). The smallest absolute Gasteiger partial charge is 0.222 e. The lowest BCUT2D eigenvalue weighted by Gasteiger charge is -2.51. The van der Waals surface area contributed by atoms with E-state index in [4.69, 9.17) is 4.74 Å². The maximum atomic E-state index is 12.6. The Morgan fingerprint density at radius 1 is 1.30 bits per heavy atom. The first-order chi connectivity index (χ1) is 13.1. The molecule has 6 heteroatoms. The SMILES string of the molecule is O=C(CCc1ccsc1)N1CCC2(CC1)CC(O)CN(C1CCOCC1)C2. The number of rotatable bonds is 4. The number of aryl methyl sites for hydroxylation is 1. The molecule has 5 nitrogen and oxygen atoms in total. The zero-order valence-corrected chi connectivity index (χ0v) is 17.0. The molecule has 3 saturated heterocycles. The van der Waals surface area contributed by atoms with Crippen molar-refractivity contribution < 1.29 is 14.6 Å². The minimum absolute atomic E-state index is 0.181. The summed E-state index contributed by atoms with van der Waals surface area (Å²) >= 11 is 1.69. The Bertz CT molecular complexity index is 607. The third-order valence-electron chi connectivity index (χ3n) is 6.74. The van der Waals surface area contributed by atoms with E-state index in [9.17, 15) is 9.90 Å². The Hall–Kier alpha value is -0.950. The number of piperidine rings is 2. The van der Waals surface area contributed by atoms with Crippen LogP contribution in [0.25, 0.3) is 0 Å². The van der Waals surface area contributed by atoms with Crippen molar-refractivity contribution in [1.29, 1.82) is 0 Å². The van der Waals surface area contributed by atoms with E-state index < -0.39 is 0 Å². The third-order valence-corrected chi connectivity index (χ3v) is 7.48.